The molecule has 0 aliphatic heterocycles. The average Bonchev–Trinajstić information content (AvgIpc) is 3.50. The van der Waals surface area contributed by atoms with E-state index in [-0.39, 0.29) is 5.91 Å². The number of aromatic nitrogens is 1. The van der Waals surface area contributed by atoms with Crippen molar-refractivity contribution in [2.45, 2.75) is 25.8 Å². The molecule has 2 N–H and O–H groups in total. The van der Waals surface area contributed by atoms with Gasteiger partial charge >= 0.3 is 0 Å². The van der Waals surface area contributed by atoms with E-state index >= 15 is 0 Å². The fourth-order valence-electron chi connectivity index (χ4n) is 2.93. The van der Waals surface area contributed by atoms with Gasteiger partial charge in [-0.3, -0.25) is 4.79 Å². The highest BCUT2D eigenvalue weighted by molar-refractivity contribution is 6.07. The van der Waals surface area contributed by atoms with Gasteiger partial charge in [0, 0.05) is 11.4 Å². The second-order valence-electron chi connectivity index (χ2n) is 6.91. The zero-order valence-electron chi connectivity index (χ0n) is 15.4. The van der Waals surface area contributed by atoms with Gasteiger partial charge in [0.25, 0.3) is 5.91 Å². The topological polar surface area (TPSA) is 63.2 Å². The second-order valence-corrected chi connectivity index (χ2v) is 6.91. The number of hydrogen-bond acceptors (Lipinski definition) is 4. The third-order valence-electron chi connectivity index (χ3n) is 4.57. The molecule has 138 valence electrons. The van der Waals surface area contributed by atoms with E-state index in [1.165, 1.54) is 5.56 Å². The summed E-state index contributed by atoms with van der Waals surface area (Å²) in [6.07, 6.45) is 2.13. The Hall–Kier alpha value is -3.08. The summed E-state index contributed by atoms with van der Waals surface area (Å²) >= 11 is 0. The lowest BCUT2D eigenvalue weighted by atomic mass is 10.1. The van der Waals surface area contributed by atoms with Gasteiger partial charge in [-0.05, 0) is 44.0 Å². The van der Waals surface area contributed by atoms with Crippen LogP contribution in [0.1, 0.15) is 28.8 Å². The smallest absolute Gasteiger partial charge is 0.252 e. The first-order chi connectivity index (χ1) is 13.2. The van der Waals surface area contributed by atoms with Gasteiger partial charge in [0.15, 0.2) is 0 Å². The van der Waals surface area contributed by atoms with Crippen molar-refractivity contribution in [2.24, 2.45) is 0 Å². The molecule has 4 rings (SSSR count). The van der Waals surface area contributed by atoms with Gasteiger partial charge in [-0.15, -0.1) is 0 Å². The summed E-state index contributed by atoms with van der Waals surface area (Å²) in [5.74, 6) is 1.50. The fraction of sp³-hybridized carbons (Fsp3) is 0.273. The van der Waals surface area contributed by atoms with E-state index in [9.17, 15) is 4.79 Å². The van der Waals surface area contributed by atoms with Crippen molar-refractivity contribution >= 4 is 22.6 Å². The Balaban J connectivity index is 1.44. The molecule has 0 bridgehead atoms. The molecule has 1 saturated carbocycles. The molecule has 0 saturated heterocycles. The molecular formula is C22H23N3O2. The summed E-state index contributed by atoms with van der Waals surface area (Å²) in [6, 6.07) is 17.9. The monoisotopic (exact) mass is 361 g/mol. The molecule has 1 amide bonds. The minimum Gasteiger partial charge on any atom is -0.492 e. The predicted octanol–water partition coefficient (Wildman–Crippen LogP) is 3.93. The summed E-state index contributed by atoms with van der Waals surface area (Å²) < 4.78 is 5.74. The molecule has 0 radical (unpaired) electrons. The van der Waals surface area contributed by atoms with Crippen molar-refractivity contribution in [3.8, 4) is 5.75 Å². The molecule has 2 aromatic carbocycles. The number of carbonyl (C=O) groups excluding carboxylic acids is 1. The minimum atomic E-state index is -0.0324. The number of aryl methyl sites for hydroxylation is 1. The Morgan fingerprint density at radius 1 is 1.15 bits per heavy atom. The number of anilines is 1. The lowest BCUT2D eigenvalue weighted by molar-refractivity contribution is 0.0952. The zero-order valence-corrected chi connectivity index (χ0v) is 15.4. The van der Waals surface area contributed by atoms with Crippen LogP contribution in [0.2, 0.25) is 0 Å². The van der Waals surface area contributed by atoms with Gasteiger partial charge in [0.05, 0.1) is 17.6 Å². The van der Waals surface area contributed by atoms with Crippen LogP contribution in [0.5, 0.6) is 5.75 Å². The van der Waals surface area contributed by atoms with Crippen LogP contribution in [0.4, 0.5) is 5.82 Å². The molecule has 0 atom stereocenters. The number of pyridine rings is 1. The van der Waals surface area contributed by atoms with Crippen molar-refractivity contribution in [1.82, 2.24) is 10.3 Å². The van der Waals surface area contributed by atoms with Gasteiger partial charge < -0.3 is 15.4 Å². The molecule has 0 unspecified atom stereocenters. The van der Waals surface area contributed by atoms with E-state index < -0.39 is 0 Å². The Bertz CT molecular complexity index is 949. The standard InChI is InChI=1S/C22H23N3O2/c1-15-6-10-17(11-7-15)27-13-12-23-21-14-19(22(26)24-16-8-9-16)18-4-2-3-5-20(18)25-21/h2-7,10-11,14,16H,8-9,12-13H2,1H3,(H,23,25)(H,24,26). The normalized spacial score (nSPS) is 13.4. The van der Waals surface area contributed by atoms with E-state index in [0.29, 0.717) is 30.6 Å². The summed E-state index contributed by atoms with van der Waals surface area (Å²) in [5.41, 5.74) is 2.68. The summed E-state index contributed by atoms with van der Waals surface area (Å²) in [6.45, 7) is 3.16. The van der Waals surface area contributed by atoms with Crippen LogP contribution < -0.4 is 15.4 Å². The molecule has 1 aliphatic carbocycles. The van der Waals surface area contributed by atoms with Crippen molar-refractivity contribution in [3.05, 3.63) is 65.7 Å². The van der Waals surface area contributed by atoms with Crippen molar-refractivity contribution < 1.29 is 9.53 Å². The van der Waals surface area contributed by atoms with Crippen LogP contribution in [0.25, 0.3) is 10.9 Å². The quantitative estimate of drug-likeness (QED) is 0.626. The minimum absolute atomic E-state index is 0.0324. The van der Waals surface area contributed by atoms with Crippen LogP contribution in [-0.2, 0) is 0 Å². The Labute approximate surface area is 158 Å². The lowest BCUT2D eigenvalue weighted by Crippen LogP contribution is -2.26. The van der Waals surface area contributed by atoms with Gasteiger partial charge in [-0.2, -0.15) is 0 Å². The summed E-state index contributed by atoms with van der Waals surface area (Å²) in [7, 11) is 0. The Morgan fingerprint density at radius 2 is 1.93 bits per heavy atom. The molecule has 1 aliphatic rings. The highest BCUT2D eigenvalue weighted by atomic mass is 16.5. The molecule has 1 aromatic heterocycles. The van der Waals surface area contributed by atoms with E-state index in [4.69, 9.17) is 4.74 Å². The van der Waals surface area contributed by atoms with E-state index in [0.717, 1.165) is 29.5 Å². The highest BCUT2D eigenvalue weighted by Gasteiger charge is 2.24. The van der Waals surface area contributed by atoms with E-state index in [1.54, 1.807) is 0 Å². The molecule has 27 heavy (non-hydrogen) atoms. The SMILES string of the molecule is Cc1ccc(OCCNc2cc(C(=O)NC3CC3)c3ccccc3n2)cc1. The van der Waals surface area contributed by atoms with Gasteiger partial charge in [0.1, 0.15) is 18.2 Å². The first-order valence-electron chi connectivity index (χ1n) is 9.33. The number of ether oxygens (including phenoxy) is 1. The van der Waals surface area contributed by atoms with Crippen molar-refractivity contribution in [3.63, 3.8) is 0 Å². The van der Waals surface area contributed by atoms with Crippen LogP contribution in [-0.4, -0.2) is 30.1 Å². The number of nitrogens with one attached hydrogen (secondary N) is 2. The van der Waals surface area contributed by atoms with Crippen LogP contribution in [0.3, 0.4) is 0 Å². The molecule has 1 heterocycles. The maximum atomic E-state index is 12.6. The number of fused-ring (bicyclic) bond motifs is 1. The zero-order chi connectivity index (χ0) is 18.6. The third-order valence-corrected chi connectivity index (χ3v) is 4.57. The largest absolute Gasteiger partial charge is 0.492 e. The van der Waals surface area contributed by atoms with Crippen LogP contribution in [0, 0.1) is 6.92 Å². The molecule has 5 heteroatoms. The molecule has 5 nitrogen and oxygen atoms in total. The number of carbonyl (C=O) groups is 1. The summed E-state index contributed by atoms with van der Waals surface area (Å²) in [4.78, 5) is 17.2. The van der Waals surface area contributed by atoms with E-state index in [2.05, 4.69) is 15.6 Å². The first kappa shape index (κ1) is 17.3. The molecular weight excluding hydrogens is 338 g/mol. The van der Waals surface area contributed by atoms with Crippen LogP contribution in [0.15, 0.2) is 54.6 Å². The third kappa shape index (κ3) is 4.37. The summed E-state index contributed by atoms with van der Waals surface area (Å²) in [5, 5.41) is 7.20. The second kappa shape index (κ2) is 7.66. The highest BCUT2D eigenvalue weighted by Crippen LogP contribution is 2.24. The Kier molecular flexibility index (Phi) is 4.92. The Morgan fingerprint density at radius 3 is 2.70 bits per heavy atom. The maximum Gasteiger partial charge on any atom is 0.252 e. The number of hydrogen-bond donors (Lipinski definition) is 2. The number of rotatable bonds is 7. The fourth-order valence-corrected chi connectivity index (χ4v) is 2.93. The van der Waals surface area contributed by atoms with Crippen molar-refractivity contribution in [2.75, 3.05) is 18.5 Å². The van der Waals surface area contributed by atoms with E-state index in [1.807, 2.05) is 61.5 Å². The number of nitrogens with zero attached hydrogens (tertiary/aromatic N) is 1. The number of amides is 1. The average molecular weight is 361 g/mol. The molecule has 1 fully saturated rings. The van der Waals surface area contributed by atoms with Crippen molar-refractivity contribution in [1.29, 1.82) is 0 Å². The molecule has 3 aromatic rings. The number of benzene rings is 2. The first-order valence-corrected chi connectivity index (χ1v) is 9.33. The predicted molar refractivity (Wildman–Crippen MR) is 107 cm³/mol. The molecule has 0 spiro atoms. The lowest BCUT2D eigenvalue weighted by Gasteiger charge is -2.12. The van der Waals surface area contributed by atoms with Gasteiger partial charge in [-0.25, -0.2) is 4.98 Å². The maximum absolute atomic E-state index is 12.6. The number of para-hydroxylation sites is 1. The van der Waals surface area contributed by atoms with Gasteiger partial charge in [-0.1, -0.05) is 35.9 Å². The van der Waals surface area contributed by atoms with Crippen LogP contribution >= 0.6 is 0 Å². The van der Waals surface area contributed by atoms with Gasteiger partial charge in [0.2, 0.25) is 0 Å².